The SMILES string of the molecule is C[C@@H]1[C@H](C)CCC[C@H]1NC(=O)COC(=O)c1ccccc1OCCOc1ccccc1. The molecule has 1 amide bonds. The van der Waals surface area contributed by atoms with E-state index in [0.717, 1.165) is 18.6 Å². The van der Waals surface area contributed by atoms with Gasteiger partial charge in [-0.2, -0.15) is 0 Å². The lowest BCUT2D eigenvalue weighted by Crippen LogP contribution is -2.45. The first-order valence-corrected chi connectivity index (χ1v) is 10.9. The van der Waals surface area contributed by atoms with Crippen molar-refractivity contribution in [3.8, 4) is 11.5 Å². The van der Waals surface area contributed by atoms with Crippen LogP contribution in [-0.2, 0) is 9.53 Å². The van der Waals surface area contributed by atoms with E-state index in [0.29, 0.717) is 24.2 Å². The van der Waals surface area contributed by atoms with E-state index in [4.69, 9.17) is 14.2 Å². The predicted molar refractivity (Wildman–Crippen MR) is 118 cm³/mol. The summed E-state index contributed by atoms with van der Waals surface area (Å²) >= 11 is 0. The minimum absolute atomic E-state index is 0.134. The first-order valence-electron chi connectivity index (χ1n) is 10.9. The van der Waals surface area contributed by atoms with Gasteiger partial charge in [0, 0.05) is 6.04 Å². The summed E-state index contributed by atoms with van der Waals surface area (Å²) in [7, 11) is 0. The molecule has 2 aromatic carbocycles. The van der Waals surface area contributed by atoms with Crippen LogP contribution < -0.4 is 14.8 Å². The smallest absolute Gasteiger partial charge is 0.342 e. The van der Waals surface area contributed by atoms with Gasteiger partial charge in [0.1, 0.15) is 30.3 Å². The van der Waals surface area contributed by atoms with E-state index in [2.05, 4.69) is 19.2 Å². The van der Waals surface area contributed by atoms with Gasteiger partial charge in [-0.1, -0.05) is 57.0 Å². The highest BCUT2D eigenvalue weighted by Gasteiger charge is 2.28. The molecule has 1 fully saturated rings. The van der Waals surface area contributed by atoms with E-state index in [9.17, 15) is 9.59 Å². The van der Waals surface area contributed by atoms with Gasteiger partial charge >= 0.3 is 5.97 Å². The summed E-state index contributed by atoms with van der Waals surface area (Å²) in [5.74, 6) is 1.30. The van der Waals surface area contributed by atoms with Gasteiger partial charge in [-0.25, -0.2) is 4.79 Å². The maximum absolute atomic E-state index is 12.5. The topological polar surface area (TPSA) is 73.9 Å². The molecule has 1 saturated carbocycles. The maximum atomic E-state index is 12.5. The van der Waals surface area contributed by atoms with Crippen molar-refractivity contribution in [2.75, 3.05) is 19.8 Å². The second-order valence-corrected chi connectivity index (χ2v) is 8.02. The minimum atomic E-state index is -0.584. The third-order valence-electron chi connectivity index (χ3n) is 5.85. The molecular formula is C25H31NO5. The van der Waals surface area contributed by atoms with E-state index in [1.807, 2.05) is 30.3 Å². The summed E-state index contributed by atoms with van der Waals surface area (Å²) in [6, 6.07) is 16.4. The zero-order valence-electron chi connectivity index (χ0n) is 18.2. The molecule has 0 radical (unpaired) electrons. The molecular weight excluding hydrogens is 394 g/mol. The molecule has 6 nitrogen and oxygen atoms in total. The molecule has 0 saturated heterocycles. The number of esters is 1. The van der Waals surface area contributed by atoms with Crippen LogP contribution in [0.2, 0.25) is 0 Å². The molecule has 0 aliphatic heterocycles. The summed E-state index contributed by atoms with van der Waals surface area (Å²) in [5.41, 5.74) is 0.287. The molecule has 1 N–H and O–H groups in total. The third kappa shape index (κ3) is 6.74. The summed E-state index contributed by atoms with van der Waals surface area (Å²) < 4.78 is 16.6. The van der Waals surface area contributed by atoms with Crippen molar-refractivity contribution in [2.45, 2.75) is 39.2 Å². The van der Waals surface area contributed by atoms with Crippen molar-refractivity contribution >= 4 is 11.9 Å². The van der Waals surface area contributed by atoms with Gasteiger partial charge < -0.3 is 19.5 Å². The van der Waals surface area contributed by atoms with Gasteiger partial charge in [-0.3, -0.25) is 4.79 Å². The third-order valence-corrected chi connectivity index (χ3v) is 5.85. The number of hydrogen-bond acceptors (Lipinski definition) is 5. The molecule has 0 spiro atoms. The minimum Gasteiger partial charge on any atom is -0.490 e. The largest absolute Gasteiger partial charge is 0.490 e. The quantitative estimate of drug-likeness (QED) is 0.480. The van der Waals surface area contributed by atoms with Crippen LogP contribution >= 0.6 is 0 Å². The number of carbonyl (C=O) groups excluding carboxylic acids is 2. The number of nitrogens with one attached hydrogen (secondary N) is 1. The van der Waals surface area contributed by atoms with Crippen LogP contribution in [0, 0.1) is 11.8 Å². The lowest BCUT2D eigenvalue weighted by atomic mass is 9.78. The Morgan fingerprint density at radius 3 is 2.45 bits per heavy atom. The number of rotatable bonds is 9. The van der Waals surface area contributed by atoms with Crippen LogP contribution in [0.4, 0.5) is 0 Å². The Morgan fingerprint density at radius 2 is 1.65 bits per heavy atom. The molecule has 1 aliphatic carbocycles. The van der Waals surface area contributed by atoms with E-state index in [-0.39, 0.29) is 30.7 Å². The standard InChI is InChI=1S/C25H31NO5/c1-18-9-8-13-22(19(18)2)26-24(27)17-31-25(28)21-12-6-7-14-23(21)30-16-15-29-20-10-4-3-5-11-20/h3-7,10-12,14,18-19,22H,8-9,13,15-17H2,1-2H3,(H,26,27)/t18-,19-,22-/m1/s1. The summed E-state index contributed by atoms with van der Waals surface area (Å²) in [5, 5.41) is 3.01. The van der Waals surface area contributed by atoms with Crippen LogP contribution in [0.25, 0.3) is 0 Å². The molecule has 31 heavy (non-hydrogen) atoms. The molecule has 0 heterocycles. The number of hydrogen-bond donors (Lipinski definition) is 1. The Balaban J connectivity index is 1.46. The van der Waals surface area contributed by atoms with Gasteiger partial charge in [0.25, 0.3) is 5.91 Å². The molecule has 6 heteroatoms. The van der Waals surface area contributed by atoms with Crippen LogP contribution in [0.3, 0.4) is 0 Å². The average Bonchev–Trinajstić information content (AvgIpc) is 2.79. The first kappa shape index (κ1) is 22.7. The predicted octanol–water partition coefficient (Wildman–Crippen LogP) is 4.24. The number of ether oxygens (including phenoxy) is 3. The fourth-order valence-electron chi connectivity index (χ4n) is 3.83. The highest BCUT2D eigenvalue weighted by atomic mass is 16.5. The Hall–Kier alpha value is -3.02. The van der Waals surface area contributed by atoms with Gasteiger partial charge in [-0.15, -0.1) is 0 Å². The fraction of sp³-hybridized carbons (Fsp3) is 0.440. The van der Waals surface area contributed by atoms with Crippen LogP contribution in [-0.4, -0.2) is 37.7 Å². The molecule has 0 bridgehead atoms. The second-order valence-electron chi connectivity index (χ2n) is 8.02. The number of benzene rings is 2. The lowest BCUT2D eigenvalue weighted by molar-refractivity contribution is -0.125. The van der Waals surface area contributed by atoms with Crippen LogP contribution in [0.5, 0.6) is 11.5 Å². The number of carbonyl (C=O) groups is 2. The van der Waals surface area contributed by atoms with Crippen LogP contribution in [0.1, 0.15) is 43.5 Å². The summed E-state index contributed by atoms with van der Waals surface area (Å²) in [4.78, 5) is 24.8. The van der Waals surface area contributed by atoms with Gasteiger partial charge in [0.15, 0.2) is 6.61 Å². The van der Waals surface area contributed by atoms with Gasteiger partial charge in [0.2, 0.25) is 0 Å². The monoisotopic (exact) mass is 425 g/mol. The fourth-order valence-corrected chi connectivity index (χ4v) is 3.83. The number of para-hydroxylation sites is 2. The molecule has 1 aliphatic rings. The van der Waals surface area contributed by atoms with E-state index in [1.54, 1.807) is 24.3 Å². The Kier molecular flexibility index (Phi) is 8.33. The zero-order valence-corrected chi connectivity index (χ0v) is 18.2. The van der Waals surface area contributed by atoms with E-state index in [1.165, 1.54) is 6.42 Å². The van der Waals surface area contributed by atoms with E-state index < -0.39 is 5.97 Å². The summed E-state index contributed by atoms with van der Waals surface area (Å²) in [6.07, 6.45) is 3.26. The Labute approximate surface area is 183 Å². The molecule has 3 rings (SSSR count). The maximum Gasteiger partial charge on any atom is 0.342 e. The van der Waals surface area contributed by atoms with Crippen molar-refractivity contribution in [3.05, 3.63) is 60.2 Å². The number of amides is 1. The Morgan fingerprint density at radius 1 is 0.935 bits per heavy atom. The summed E-state index contributed by atoms with van der Waals surface area (Å²) in [6.45, 7) is 4.69. The van der Waals surface area contributed by atoms with Crippen molar-refractivity contribution < 1.29 is 23.8 Å². The van der Waals surface area contributed by atoms with Crippen molar-refractivity contribution in [3.63, 3.8) is 0 Å². The van der Waals surface area contributed by atoms with Gasteiger partial charge in [0.05, 0.1) is 0 Å². The molecule has 166 valence electrons. The lowest BCUT2D eigenvalue weighted by Gasteiger charge is -2.34. The Bertz CT molecular complexity index is 854. The second kappa shape index (κ2) is 11.4. The average molecular weight is 426 g/mol. The van der Waals surface area contributed by atoms with E-state index >= 15 is 0 Å². The normalized spacial score (nSPS) is 20.5. The highest BCUT2D eigenvalue weighted by molar-refractivity contribution is 5.94. The molecule has 0 aromatic heterocycles. The zero-order chi connectivity index (χ0) is 22.1. The first-order chi connectivity index (χ1) is 15.0. The van der Waals surface area contributed by atoms with Crippen LogP contribution in [0.15, 0.2) is 54.6 Å². The van der Waals surface area contributed by atoms with Crippen molar-refractivity contribution in [2.24, 2.45) is 11.8 Å². The highest BCUT2D eigenvalue weighted by Crippen LogP contribution is 2.29. The van der Waals surface area contributed by atoms with Crippen molar-refractivity contribution in [1.82, 2.24) is 5.32 Å². The van der Waals surface area contributed by atoms with Gasteiger partial charge in [-0.05, 0) is 42.5 Å². The molecule has 3 atom stereocenters. The molecule has 0 unspecified atom stereocenters. The van der Waals surface area contributed by atoms with Crippen molar-refractivity contribution in [1.29, 1.82) is 0 Å². The molecule has 2 aromatic rings.